The summed E-state index contributed by atoms with van der Waals surface area (Å²) in [6.07, 6.45) is 1.23. The van der Waals surface area contributed by atoms with Gasteiger partial charge in [0.25, 0.3) is 0 Å². The van der Waals surface area contributed by atoms with E-state index in [1.165, 1.54) is 0 Å². The number of rotatable bonds is 3. The lowest BCUT2D eigenvalue weighted by Crippen LogP contribution is -2.49. The summed E-state index contributed by atoms with van der Waals surface area (Å²) >= 11 is 0. The number of aliphatic hydroxyl groups is 1. The van der Waals surface area contributed by atoms with Crippen molar-refractivity contribution >= 4 is 5.91 Å². The number of carbonyl (C=O) groups excluding carboxylic acids is 1. The van der Waals surface area contributed by atoms with Crippen molar-refractivity contribution in [2.75, 3.05) is 39.9 Å². The highest BCUT2D eigenvalue weighted by Gasteiger charge is 2.36. The third-order valence-corrected chi connectivity index (χ3v) is 4.17. The summed E-state index contributed by atoms with van der Waals surface area (Å²) in [6.45, 7) is 5.34. The summed E-state index contributed by atoms with van der Waals surface area (Å²) in [4.78, 5) is 14.0. The van der Waals surface area contributed by atoms with Crippen molar-refractivity contribution in [2.45, 2.75) is 25.4 Å². The van der Waals surface area contributed by atoms with Crippen LogP contribution in [0.3, 0.4) is 0 Å². The van der Waals surface area contributed by atoms with Gasteiger partial charge in [0, 0.05) is 46.2 Å². The lowest BCUT2D eigenvalue weighted by atomic mass is 9.92. The van der Waals surface area contributed by atoms with E-state index in [9.17, 15) is 9.90 Å². The normalized spacial score (nSPS) is 31.3. The average Bonchev–Trinajstić information content (AvgIpc) is 2.74. The average molecular weight is 256 g/mol. The maximum absolute atomic E-state index is 12.3. The van der Waals surface area contributed by atoms with Crippen molar-refractivity contribution in [1.82, 2.24) is 10.2 Å². The number of hydrogen-bond acceptors (Lipinski definition) is 4. The fraction of sp³-hybridized carbons (Fsp3) is 0.923. The lowest BCUT2D eigenvalue weighted by molar-refractivity contribution is -0.141. The number of ether oxygens (including phenoxy) is 1. The minimum Gasteiger partial charge on any atom is -0.388 e. The summed E-state index contributed by atoms with van der Waals surface area (Å²) in [5, 5.41) is 13.7. The Bertz CT molecular complexity index is 303. The highest BCUT2D eigenvalue weighted by atomic mass is 16.5. The molecule has 0 aromatic rings. The zero-order valence-electron chi connectivity index (χ0n) is 11.3. The molecule has 2 rings (SSSR count). The Morgan fingerprint density at radius 3 is 2.67 bits per heavy atom. The maximum atomic E-state index is 12.3. The minimum atomic E-state index is -0.766. The molecule has 0 aromatic heterocycles. The van der Waals surface area contributed by atoms with E-state index in [4.69, 9.17) is 4.74 Å². The molecule has 2 saturated heterocycles. The third-order valence-electron chi connectivity index (χ3n) is 4.17. The Morgan fingerprint density at radius 1 is 1.44 bits per heavy atom. The zero-order valence-corrected chi connectivity index (χ0v) is 11.3. The van der Waals surface area contributed by atoms with Crippen molar-refractivity contribution in [3.05, 3.63) is 0 Å². The van der Waals surface area contributed by atoms with Crippen molar-refractivity contribution in [2.24, 2.45) is 11.8 Å². The molecule has 2 fully saturated rings. The van der Waals surface area contributed by atoms with Gasteiger partial charge in [-0.15, -0.1) is 0 Å². The van der Waals surface area contributed by atoms with E-state index in [1.54, 1.807) is 11.9 Å². The molecule has 2 atom stereocenters. The lowest BCUT2D eigenvalue weighted by Gasteiger charge is -2.36. The van der Waals surface area contributed by atoms with Gasteiger partial charge in [0.15, 0.2) is 0 Å². The van der Waals surface area contributed by atoms with Crippen LogP contribution in [-0.4, -0.2) is 61.4 Å². The summed E-state index contributed by atoms with van der Waals surface area (Å²) in [7, 11) is 1.79. The molecule has 0 bridgehead atoms. The Kier molecular flexibility index (Phi) is 4.25. The zero-order chi connectivity index (χ0) is 13.2. The van der Waals surface area contributed by atoms with Crippen LogP contribution in [0.15, 0.2) is 0 Å². The molecule has 0 aromatic carbocycles. The molecule has 104 valence electrons. The van der Waals surface area contributed by atoms with Crippen LogP contribution in [0, 0.1) is 11.8 Å². The van der Waals surface area contributed by atoms with Crippen LogP contribution in [0.5, 0.6) is 0 Å². The molecule has 5 heteroatoms. The first-order valence-corrected chi connectivity index (χ1v) is 6.78. The summed E-state index contributed by atoms with van der Waals surface area (Å²) in [5.74, 6) is 0.579. The van der Waals surface area contributed by atoms with E-state index < -0.39 is 5.60 Å². The monoisotopic (exact) mass is 256 g/mol. The Hall–Kier alpha value is -0.650. The minimum absolute atomic E-state index is 0.0541. The fourth-order valence-corrected chi connectivity index (χ4v) is 2.85. The number of amides is 1. The van der Waals surface area contributed by atoms with Gasteiger partial charge in [-0.05, 0) is 12.5 Å². The van der Waals surface area contributed by atoms with Gasteiger partial charge in [0.2, 0.25) is 5.91 Å². The number of hydrogen-bond donors (Lipinski definition) is 2. The van der Waals surface area contributed by atoms with E-state index in [1.807, 2.05) is 0 Å². The molecular formula is C13H24N2O3. The molecule has 2 aliphatic rings. The second kappa shape index (κ2) is 5.55. The van der Waals surface area contributed by atoms with Gasteiger partial charge >= 0.3 is 0 Å². The van der Waals surface area contributed by atoms with Gasteiger partial charge in [-0.1, -0.05) is 6.92 Å². The van der Waals surface area contributed by atoms with Crippen LogP contribution in [0.1, 0.15) is 19.8 Å². The van der Waals surface area contributed by atoms with Crippen LogP contribution in [0.4, 0.5) is 0 Å². The molecule has 18 heavy (non-hydrogen) atoms. The Morgan fingerprint density at radius 2 is 2.11 bits per heavy atom. The second-order valence-corrected chi connectivity index (χ2v) is 5.77. The van der Waals surface area contributed by atoms with E-state index in [0.29, 0.717) is 38.5 Å². The van der Waals surface area contributed by atoms with Gasteiger partial charge < -0.3 is 20.1 Å². The van der Waals surface area contributed by atoms with Gasteiger partial charge in [-0.2, -0.15) is 0 Å². The quantitative estimate of drug-likeness (QED) is 0.737. The van der Waals surface area contributed by atoms with E-state index in [-0.39, 0.29) is 11.8 Å². The SMILES string of the molecule is C[C@@H]1CNC[C@H]1C(=O)N(C)CC1(O)CCOCC1. The molecule has 5 nitrogen and oxygen atoms in total. The Labute approximate surface area is 108 Å². The molecule has 2 aliphatic heterocycles. The van der Waals surface area contributed by atoms with Crippen molar-refractivity contribution < 1.29 is 14.6 Å². The number of nitrogens with one attached hydrogen (secondary N) is 1. The first-order chi connectivity index (χ1) is 8.52. The largest absolute Gasteiger partial charge is 0.388 e. The first-order valence-electron chi connectivity index (χ1n) is 6.78. The molecule has 2 heterocycles. The van der Waals surface area contributed by atoms with Gasteiger partial charge in [0.1, 0.15) is 0 Å². The highest BCUT2D eigenvalue weighted by Crippen LogP contribution is 2.24. The summed E-state index contributed by atoms with van der Waals surface area (Å²) in [6, 6.07) is 0. The van der Waals surface area contributed by atoms with E-state index in [0.717, 1.165) is 13.1 Å². The maximum Gasteiger partial charge on any atom is 0.227 e. The van der Waals surface area contributed by atoms with Crippen molar-refractivity contribution in [3.63, 3.8) is 0 Å². The van der Waals surface area contributed by atoms with Gasteiger partial charge in [-0.3, -0.25) is 4.79 Å². The van der Waals surface area contributed by atoms with Crippen LogP contribution in [-0.2, 0) is 9.53 Å². The van der Waals surface area contributed by atoms with Crippen LogP contribution >= 0.6 is 0 Å². The predicted molar refractivity (Wildman–Crippen MR) is 68.2 cm³/mol. The number of carbonyl (C=O) groups is 1. The molecule has 0 unspecified atom stereocenters. The summed E-state index contributed by atoms with van der Waals surface area (Å²) < 4.78 is 5.25. The standard InChI is InChI=1S/C13H24N2O3/c1-10-7-14-8-11(10)12(16)15(2)9-13(17)3-5-18-6-4-13/h10-11,14,17H,3-9H2,1-2H3/t10-,11-/m1/s1. The Balaban J connectivity index is 1.90. The molecule has 1 amide bonds. The van der Waals surface area contributed by atoms with E-state index in [2.05, 4.69) is 12.2 Å². The van der Waals surface area contributed by atoms with E-state index >= 15 is 0 Å². The molecule has 0 radical (unpaired) electrons. The molecule has 0 spiro atoms. The van der Waals surface area contributed by atoms with Crippen LogP contribution in [0.25, 0.3) is 0 Å². The molecular weight excluding hydrogens is 232 g/mol. The van der Waals surface area contributed by atoms with Crippen LogP contribution < -0.4 is 5.32 Å². The summed E-state index contributed by atoms with van der Waals surface area (Å²) in [5.41, 5.74) is -0.766. The molecule has 0 saturated carbocycles. The number of likely N-dealkylation sites (N-methyl/N-ethyl adjacent to an activating group) is 1. The topological polar surface area (TPSA) is 61.8 Å². The smallest absolute Gasteiger partial charge is 0.227 e. The van der Waals surface area contributed by atoms with Gasteiger partial charge in [-0.25, -0.2) is 0 Å². The molecule has 2 N–H and O–H groups in total. The predicted octanol–water partition coefficient (Wildman–Crippen LogP) is -0.158. The first kappa shape index (κ1) is 13.8. The molecule has 0 aliphatic carbocycles. The van der Waals surface area contributed by atoms with Crippen molar-refractivity contribution in [3.8, 4) is 0 Å². The van der Waals surface area contributed by atoms with Gasteiger partial charge in [0.05, 0.1) is 11.5 Å². The van der Waals surface area contributed by atoms with Crippen molar-refractivity contribution in [1.29, 1.82) is 0 Å². The van der Waals surface area contributed by atoms with Crippen LogP contribution in [0.2, 0.25) is 0 Å². The second-order valence-electron chi connectivity index (χ2n) is 5.77. The fourth-order valence-electron chi connectivity index (χ4n) is 2.85. The number of nitrogens with zero attached hydrogens (tertiary/aromatic N) is 1. The highest BCUT2D eigenvalue weighted by molar-refractivity contribution is 5.79. The third kappa shape index (κ3) is 3.02.